The first-order chi connectivity index (χ1) is 17.1. The van der Waals surface area contributed by atoms with Gasteiger partial charge in [0.05, 0.1) is 6.61 Å². The highest BCUT2D eigenvalue weighted by Crippen LogP contribution is 2.17. The molecule has 0 N–H and O–H groups in total. The molecule has 0 fully saturated rings. The molecule has 0 unspecified atom stereocenters. The van der Waals surface area contributed by atoms with Crippen LogP contribution in [0.5, 0.6) is 5.75 Å². The lowest BCUT2D eigenvalue weighted by atomic mass is 10.1. The van der Waals surface area contributed by atoms with E-state index in [0.29, 0.717) is 13.2 Å². The summed E-state index contributed by atoms with van der Waals surface area (Å²) in [6.45, 7) is 5.55. The zero-order valence-corrected chi connectivity index (χ0v) is 21.4. The highest BCUT2D eigenvalue weighted by atomic mass is 32.1. The van der Waals surface area contributed by atoms with Gasteiger partial charge in [-0.15, -0.1) is 0 Å². The van der Waals surface area contributed by atoms with Crippen LogP contribution in [0.2, 0.25) is 0 Å². The van der Waals surface area contributed by atoms with Crippen LogP contribution in [0, 0.1) is 0 Å². The fraction of sp³-hybridized carbons (Fsp3) is 0.345. The van der Waals surface area contributed by atoms with Gasteiger partial charge in [-0.25, -0.2) is 0 Å². The quantitative estimate of drug-likeness (QED) is 0.258. The third kappa shape index (κ3) is 7.36. The summed E-state index contributed by atoms with van der Waals surface area (Å²) >= 11 is 1.32. The normalized spacial score (nSPS) is 11.0. The highest BCUT2D eigenvalue weighted by molar-refractivity contribution is 7.09. The van der Waals surface area contributed by atoms with E-state index in [-0.39, 0.29) is 4.87 Å². The van der Waals surface area contributed by atoms with Gasteiger partial charge in [-0.05, 0) is 53.8 Å². The molecule has 6 heteroatoms. The molecule has 0 aliphatic rings. The second-order valence-corrected chi connectivity index (χ2v) is 9.82. The van der Waals surface area contributed by atoms with Crippen LogP contribution in [-0.2, 0) is 38.6 Å². The second kappa shape index (κ2) is 12.5. The van der Waals surface area contributed by atoms with E-state index in [0.717, 1.165) is 66.1 Å². The Kier molecular flexibility index (Phi) is 8.85. The van der Waals surface area contributed by atoms with E-state index in [1.807, 2.05) is 30.7 Å². The van der Waals surface area contributed by atoms with E-state index in [2.05, 4.69) is 60.2 Å². The molecule has 1 aromatic carbocycles. The van der Waals surface area contributed by atoms with E-state index in [1.165, 1.54) is 22.5 Å². The molecular formula is C29H33N3O2S. The van der Waals surface area contributed by atoms with Gasteiger partial charge in [-0.1, -0.05) is 55.9 Å². The molecule has 5 nitrogen and oxygen atoms in total. The Hall–Kier alpha value is -3.25. The summed E-state index contributed by atoms with van der Waals surface area (Å²) in [5.41, 5.74) is 5.74. The summed E-state index contributed by atoms with van der Waals surface area (Å²) in [6.07, 6.45) is 11.3. The number of rotatable bonds is 12. The van der Waals surface area contributed by atoms with Crippen LogP contribution in [0.15, 0.2) is 71.9 Å². The summed E-state index contributed by atoms with van der Waals surface area (Å²) in [4.78, 5) is 22.6. The van der Waals surface area contributed by atoms with Crippen molar-refractivity contribution in [3.05, 3.63) is 110 Å². The Labute approximate surface area is 211 Å². The zero-order chi connectivity index (χ0) is 24.5. The van der Waals surface area contributed by atoms with E-state index in [9.17, 15) is 4.79 Å². The van der Waals surface area contributed by atoms with Gasteiger partial charge in [0.2, 0.25) is 0 Å². The van der Waals surface area contributed by atoms with Crippen molar-refractivity contribution < 1.29 is 4.74 Å². The molecule has 3 heterocycles. The lowest BCUT2D eigenvalue weighted by Crippen LogP contribution is -2.13. The van der Waals surface area contributed by atoms with E-state index in [1.54, 1.807) is 4.57 Å². The maximum atomic E-state index is 12.5. The largest absolute Gasteiger partial charge is 0.493 e. The zero-order valence-electron chi connectivity index (χ0n) is 20.6. The number of benzene rings is 1. The van der Waals surface area contributed by atoms with Crippen LogP contribution < -0.4 is 9.61 Å². The minimum atomic E-state index is 0.0862. The van der Waals surface area contributed by atoms with Crippen molar-refractivity contribution in [3.8, 4) is 5.75 Å². The van der Waals surface area contributed by atoms with Crippen LogP contribution in [-0.4, -0.2) is 21.1 Å². The minimum Gasteiger partial charge on any atom is -0.493 e. The molecular weight excluding hydrogens is 454 g/mol. The van der Waals surface area contributed by atoms with Gasteiger partial charge in [-0.2, -0.15) is 0 Å². The predicted molar refractivity (Wildman–Crippen MR) is 143 cm³/mol. The number of aryl methyl sites for hydroxylation is 4. The number of ether oxygens (including phenoxy) is 1. The molecule has 0 spiro atoms. The summed E-state index contributed by atoms with van der Waals surface area (Å²) in [6, 6.07) is 16.5. The average molecular weight is 488 g/mol. The van der Waals surface area contributed by atoms with E-state index in [4.69, 9.17) is 4.74 Å². The molecule has 0 saturated carbocycles. The molecule has 35 heavy (non-hydrogen) atoms. The van der Waals surface area contributed by atoms with Gasteiger partial charge in [0.25, 0.3) is 0 Å². The fourth-order valence-electron chi connectivity index (χ4n) is 3.93. The summed E-state index contributed by atoms with van der Waals surface area (Å²) in [5.74, 6) is 0.849. The first kappa shape index (κ1) is 24.9. The SMILES string of the molecule is CCCc1ccc(CCn2cc(Cc3ccc(OCCc4ccc(CC)cn4)cc3)sc2=O)nc1. The molecule has 0 amide bonds. The fourth-order valence-corrected chi connectivity index (χ4v) is 4.83. The second-order valence-electron chi connectivity index (χ2n) is 8.75. The Morgan fingerprint density at radius 2 is 1.51 bits per heavy atom. The molecule has 4 rings (SSSR count). The molecule has 0 bridgehead atoms. The molecule has 0 atom stereocenters. The summed E-state index contributed by atoms with van der Waals surface area (Å²) in [5, 5.41) is 0. The highest BCUT2D eigenvalue weighted by Gasteiger charge is 2.07. The molecule has 0 radical (unpaired) electrons. The van der Waals surface area contributed by atoms with Gasteiger partial charge in [-0.3, -0.25) is 14.8 Å². The Bertz CT molecular complexity index is 1240. The van der Waals surface area contributed by atoms with Crippen molar-refractivity contribution in [1.82, 2.24) is 14.5 Å². The third-order valence-electron chi connectivity index (χ3n) is 6.01. The number of thiazole rings is 1. The van der Waals surface area contributed by atoms with Crippen LogP contribution in [0.25, 0.3) is 0 Å². The van der Waals surface area contributed by atoms with Crippen LogP contribution in [0.1, 0.15) is 53.2 Å². The van der Waals surface area contributed by atoms with Crippen molar-refractivity contribution in [2.45, 2.75) is 58.9 Å². The van der Waals surface area contributed by atoms with Crippen molar-refractivity contribution in [2.24, 2.45) is 0 Å². The van der Waals surface area contributed by atoms with Crippen molar-refractivity contribution >= 4 is 11.3 Å². The molecule has 3 aromatic heterocycles. The van der Waals surface area contributed by atoms with Crippen molar-refractivity contribution in [1.29, 1.82) is 0 Å². The first-order valence-corrected chi connectivity index (χ1v) is 13.2. The summed E-state index contributed by atoms with van der Waals surface area (Å²) < 4.78 is 7.70. The minimum absolute atomic E-state index is 0.0862. The van der Waals surface area contributed by atoms with Gasteiger partial charge in [0, 0.05) is 60.7 Å². The monoisotopic (exact) mass is 487 g/mol. The number of hydrogen-bond acceptors (Lipinski definition) is 5. The molecule has 0 aliphatic heterocycles. The van der Waals surface area contributed by atoms with Crippen molar-refractivity contribution in [3.63, 3.8) is 0 Å². The number of hydrogen-bond donors (Lipinski definition) is 0. The standard InChI is InChI=1S/C29H33N3O2S/c1-3-5-24-7-11-25(31-20-24)14-16-32-21-28(35-29(32)33)18-23-8-12-27(13-9-23)34-17-15-26-10-6-22(4-2)19-30-26/h6-13,19-21H,3-5,14-18H2,1-2H3. The Morgan fingerprint density at radius 3 is 2.17 bits per heavy atom. The average Bonchev–Trinajstić information content (AvgIpc) is 3.24. The van der Waals surface area contributed by atoms with Gasteiger partial charge >= 0.3 is 4.87 Å². The van der Waals surface area contributed by atoms with Crippen LogP contribution >= 0.6 is 11.3 Å². The Morgan fingerprint density at radius 1 is 0.829 bits per heavy atom. The van der Waals surface area contributed by atoms with Crippen LogP contribution in [0.4, 0.5) is 0 Å². The molecule has 4 aromatic rings. The number of pyridine rings is 2. The van der Waals surface area contributed by atoms with Crippen LogP contribution in [0.3, 0.4) is 0 Å². The lowest BCUT2D eigenvalue weighted by Gasteiger charge is -2.07. The predicted octanol–water partition coefficient (Wildman–Crippen LogP) is 5.67. The van der Waals surface area contributed by atoms with Crippen molar-refractivity contribution in [2.75, 3.05) is 6.61 Å². The van der Waals surface area contributed by atoms with Gasteiger partial charge in [0.1, 0.15) is 5.75 Å². The van der Waals surface area contributed by atoms with Gasteiger partial charge in [0.15, 0.2) is 0 Å². The number of aromatic nitrogens is 3. The first-order valence-electron chi connectivity index (χ1n) is 12.4. The maximum Gasteiger partial charge on any atom is 0.307 e. The summed E-state index contributed by atoms with van der Waals surface area (Å²) in [7, 11) is 0. The topological polar surface area (TPSA) is 57.0 Å². The van der Waals surface area contributed by atoms with Gasteiger partial charge < -0.3 is 9.30 Å². The molecule has 0 aliphatic carbocycles. The third-order valence-corrected chi connectivity index (χ3v) is 6.93. The Balaban J connectivity index is 1.26. The maximum absolute atomic E-state index is 12.5. The number of nitrogens with zero attached hydrogens (tertiary/aromatic N) is 3. The molecule has 182 valence electrons. The van der Waals surface area contributed by atoms with E-state index >= 15 is 0 Å². The smallest absolute Gasteiger partial charge is 0.307 e. The lowest BCUT2D eigenvalue weighted by molar-refractivity contribution is 0.320. The van der Waals surface area contributed by atoms with E-state index < -0.39 is 0 Å². The molecule has 0 saturated heterocycles.